The van der Waals surface area contributed by atoms with Crippen molar-refractivity contribution >= 4 is 11.9 Å². The molecular weight excluding hydrogens is 418 g/mol. The van der Waals surface area contributed by atoms with Crippen LogP contribution in [0.4, 0.5) is 4.79 Å². The number of imide groups is 1. The fourth-order valence-electron chi connectivity index (χ4n) is 4.40. The second-order valence-corrected chi connectivity index (χ2v) is 8.71. The molecule has 1 aromatic heterocycles. The van der Waals surface area contributed by atoms with Gasteiger partial charge in [0.05, 0.1) is 17.5 Å². The average molecular weight is 446 g/mol. The SMILES string of the molecule is CC(C)Oc1ccc(-c2nn(-c3ccccc3)cc2CN2CCN3C(=O)NC(=O)C3C2)cc1. The Bertz CT molecular complexity index is 1160. The second-order valence-electron chi connectivity index (χ2n) is 8.71. The number of carbonyl (C=O) groups excluding carboxylic acids is 2. The molecule has 0 bridgehead atoms. The maximum absolute atomic E-state index is 12.2. The van der Waals surface area contributed by atoms with Gasteiger partial charge in [0, 0.05) is 43.5 Å². The molecule has 5 rings (SSSR count). The van der Waals surface area contributed by atoms with E-state index < -0.39 is 6.04 Å². The number of ether oxygens (including phenoxy) is 1. The largest absolute Gasteiger partial charge is 0.491 e. The molecule has 0 radical (unpaired) electrons. The third-order valence-electron chi connectivity index (χ3n) is 5.96. The van der Waals surface area contributed by atoms with E-state index in [0.29, 0.717) is 26.2 Å². The molecule has 2 aliphatic heterocycles. The Labute approximate surface area is 192 Å². The van der Waals surface area contributed by atoms with Gasteiger partial charge < -0.3 is 9.64 Å². The summed E-state index contributed by atoms with van der Waals surface area (Å²) in [6, 6.07) is 17.3. The highest BCUT2D eigenvalue weighted by atomic mass is 16.5. The highest BCUT2D eigenvalue weighted by Crippen LogP contribution is 2.28. The van der Waals surface area contributed by atoms with Crippen LogP contribution in [0.1, 0.15) is 19.4 Å². The molecule has 0 saturated carbocycles. The second kappa shape index (κ2) is 8.71. The zero-order valence-corrected chi connectivity index (χ0v) is 18.8. The first-order valence-corrected chi connectivity index (χ1v) is 11.2. The fourth-order valence-corrected chi connectivity index (χ4v) is 4.40. The molecule has 8 nitrogen and oxygen atoms in total. The van der Waals surface area contributed by atoms with E-state index in [1.165, 1.54) is 0 Å². The minimum Gasteiger partial charge on any atom is -0.491 e. The quantitative estimate of drug-likeness (QED) is 0.590. The van der Waals surface area contributed by atoms with E-state index in [1.807, 2.05) is 73.1 Å². The van der Waals surface area contributed by atoms with Crippen LogP contribution < -0.4 is 10.1 Å². The number of fused-ring (bicyclic) bond motifs is 1. The molecule has 0 spiro atoms. The molecular formula is C25H27N5O3. The molecule has 2 aliphatic rings. The number of amides is 3. The highest BCUT2D eigenvalue weighted by Gasteiger charge is 2.42. The van der Waals surface area contributed by atoms with Gasteiger partial charge in [-0.25, -0.2) is 9.48 Å². The Balaban J connectivity index is 1.44. The third kappa shape index (κ3) is 4.34. The number of para-hydroxylation sites is 1. The van der Waals surface area contributed by atoms with E-state index in [-0.39, 0.29) is 18.0 Å². The smallest absolute Gasteiger partial charge is 0.324 e. The lowest BCUT2D eigenvalue weighted by molar-refractivity contribution is -0.122. The van der Waals surface area contributed by atoms with Crippen LogP contribution in [-0.4, -0.2) is 63.3 Å². The van der Waals surface area contributed by atoms with Gasteiger partial charge in [-0.3, -0.25) is 15.0 Å². The van der Waals surface area contributed by atoms with Crippen LogP contribution in [-0.2, 0) is 11.3 Å². The van der Waals surface area contributed by atoms with Crippen LogP contribution in [0.3, 0.4) is 0 Å². The van der Waals surface area contributed by atoms with Crippen LogP contribution in [0.25, 0.3) is 16.9 Å². The predicted octanol–water partition coefficient (Wildman–Crippen LogP) is 3.06. The van der Waals surface area contributed by atoms with Crippen LogP contribution in [0.5, 0.6) is 5.75 Å². The predicted molar refractivity (Wildman–Crippen MR) is 124 cm³/mol. The van der Waals surface area contributed by atoms with Crippen molar-refractivity contribution in [3.63, 3.8) is 0 Å². The Morgan fingerprint density at radius 3 is 2.55 bits per heavy atom. The summed E-state index contributed by atoms with van der Waals surface area (Å²) in [7, 11) is 0. The topological polar surface area (TPSA) is 79.7 Å². The first kappa shape index (κ1) is 21.2. The molecule has 2 fully saturated rings. The number of hydrogen-bond acceptors (Lipinski definition) is 5. The Morgan fingerprint density at radius 2 is 1.82 bits per heavy atom. The van der Waals surface area contributed by atoms with Gasteiger partial charge in [-0.1, -0.05) is 18.2 Å². The van der Waals surface area contributed by atoms with Crippen molar-refractivity contribution in [2.45, 2.75) is 32.5 Å². The van der Waals surface area contributed by atoms with Gasteiger partial charge in [-0.15, -0.1) is 0 Å². The summed E-state index contributed by atoms with van der Waals surface area (Å²) < 4.78 is 7.68. The zero-order valence-electron chi connectivity index (χ0n) is 18.8. The summed E-state index contributed by atoms with van der Waals surface area (Å²) in [4.78, 5) is 27.9. The summed E-state index contributed by atoms with van der Waals surface area (Å²) in [6.45, 7) is 6.39. The van der Waals surface area contributed by atoms with E-state index in [1.54, 1.807) is 4.90 Å². The number of nitrogens with zero attached hydrogens (tertiary/aromatic N) is 4. The molecule has 33 heavy (non-hydrogen) atoms. The standard InChI is InChI=1S/C25H27N5O3/c1-17(2)33-21-10-8-18(9-11-21)23-19(15-30(27-23)20-6-4-3-5-7-20)14-28-12-13-29-22(16-28)24(31)26-25(29)32/h3-11,15,17,22H,12-14,16H2,1-2H3,(H,26,31,32). The monoisotopic (exact) mass is 445 g/mol. The normalized spacial score (nSPS) is 18.5. The van der Waals surface area contributed by atoms with E-state index in [2.05, 4.69) is 16.4 Å². The number of hydrogen-bond donors (Lipinski definition) is 1. The van der Waals surface area contributed by atoms with Gasteiger partial charge in [0.1, 0.15) is 11.8 Å². The van der Waals surface area contributed by atoms with E-state index in [0.717, 1.165) is 28.3 Å². The van der Waals surface area contributed by atoms with Crippen molar-refractivity contribution in [2.24, 2.45) is 0 Å². The number of urea groups is 1. The van der Waals surface area contributed by atoms with E-state index in [4.69, 9.17) is 9.84 Å². The number of piperazine rings is 1. The van der Waals surface area contributed by atoms with Crippen LogP contribution in [0.15, 0.2) is 60.8 Å². The minimum atomic E-state index is -0.425. The molecule has 3 amide bonds. The third-order valence-corrected chi connectivity index (χ3v) is 5.96. The molecule has 2 aromatic carbocycles. The lowest BCUT2D eigenvalue weighted by Gasteiger charge is -2.35. The van der Waals surface area contributed by atoms with Gasteiger partial charge >= 0.3 is 6.03 Å². The Kier molecular flexibility index (Phi) is 5.60. The van der Waals surface area contributed by atoms with Gasteiger partial charge in [-0.05, 0) is 50.2 Å². The summed E-state index contributed by atoms with van der Waals surface area (Å²) in [5, 5.41) is 7.32. The van der Waals surface area contributed by atoms with Gasteiger partial charge in [0.25, 0.3) is 5.91 Å². The number of carbonyl (C=O) groups is 2. The van der Waals surface area contributed by atoms with Crippen LogP contribution in [0.2, 0.25) is 0 Å². The minimum absolute atomic E-state index is 0.113. The molecule has 1 atom stereocenters. The molecule has 3 aromatic rings. The maximum atomic E-state index is 12.2. The van der Waals surface area contributed by atoms with Crippen LogP contribution >= 0.6 is 0 Å². The number of rotatable bonds is 6. The summed E-state index contributed by atoms with van der Waals surface area (Å²) >= 11 is 0. The van der Waals surface area contributed by atoms with Crippen molar-refractivity contribution in [2.75, 3.05) is 19.6 Å². The number of nitrogens with one attached hydrogen (secondary N) is 1. The first-order valence-electron chi connectivity index (χ1n) is 11.2. The highest BCUT2D eigenvalue weighted by molar-refractivity contribution is 6.04. The Hall–Kier alpha value is -3.65. The lowest BCUT2D eigenvalue weighted by atomic mass is 10.1. The number of aromatic nitrogens is 2. The first-order chi connectivity index (χ1) is 16.0. The zero-order chi connectivity index (χ0) is 22.9. The lowest BCUT2D eigenvalue weighted by Crippen LogP contribution is -2.52. The van der Waals surface area contributed by atoms with Crippen molar-refractivity contribution in [1.29, 1.82) is 0 Å². The molecule has 8 heteroatoms. The van der Waals surface area contributed by atoms with E-state index >= 15 is 0 Å². The van der Waals surface area contributed by atoms with E-state index in [9.17, 15) is 9.59 Å². The summed E-state index contributed by atoms with van der Waals surface area (Å²) in [5.41, 5.74) is 3.94. The summed E-state index contributed by atoms with van der Waals surface area (Å²) in [6.07, 6.45) is 2.16. The molecule has 1 N–H and O–H groups in total. The van der Waals surface area contributed by atoms with Gasteiger partial charge in [-0.2, -0.15) is 5.10 Å². The molecule has 1 unspecified atom stereocenters. The van der Waals surface area contributed by atoms with Crippen LogP contribution in [0, 0.1) is 0 Å². The molecule has 2 saturated heterocycles. The summed E-state index contributed by atoms with van der Waals surface area (Å²) in [5.74, 6) is 0.608. The van der Waals surface area contributed by atoms with Crippen molar-refractivity contribution in [3.05, 3.63) is 66.4 Å². The molecule has 170 valence electrons. The maximum Gasteiger partial charge on any atom is 0.324 e. The van der Waals surface area contributed by atoms with Crippen molar-refractivity contribution in [3.8, 4) is 22.7 Å². The molecule has 0 aliphatic carbocycles. The average Bonchev–Trinajstić information content (AvgIpc) is 3.35. The fraction of sp³-hybridized carbons (Fsp3) is 0.320. The van der Waals surface area contributed by atoms with Gasteiger partial charge in [0.2, 0.25) is 0 Å². The Morgan fingerprint density at radius 1 is 1.06 bits per heavy atom. The van der Waals surface area contributed by atoms with Crippen molar-refractivity contribution < 1.29 is 14.3 Å². The molecule has 3 heterocycles. The number of benzene rings is 2. The van der Waals surface area contributed by atoms with Crippen molar-refractivity contribution in [1.82, 2.24) is 24.9 Å². The van der Waals surface area contributed by atoms with Gasteiger partial charge in [0.15, 0.2) is 0 Å².